The summed E-state index contributed by atoms with van der Waals surface area (Å²) < 4.78 is 14.2. The van der Waals surface area contributed by atoms with Crippen molar-refractivity contribution in [2.24, 2.45) is 0 Å². The van der Waals surface area contributed by atoms with E-state index in [1.807, 2.05) is 0 Å². The molecule has 0 unspecified atom stereocenters. The smallest absolute Gasteiger partial charge is 0.251 e. The first-order valence-electron chi connectivity index (χ1n) is 5.75. The number of unbranched alkanes of at least 4 members (excludes halogenated alkanes) is 2. The van der Waals surface area contributed by atoms with Crippen molar-refractivity contribution in [1.82, 2.24) is 5.32 Å². The summed E-state index contributed by atoms with van der Waals surface area (Å²) in [5, 5.41) is 2.80. The zero-order valence-corrected chi connectivity index (χ0v) is 12.1. The number of rotatable bonds is 6. The van der Waals surface area contributed by atoms with E-state index in [1.165, 1.54) is 18.6 Å². The molecule has 0 atom stereocenters. The summed E-state index contributed by atoms with van der Waals surface area (Å²) in [5.74, 6) is -0.554. The average Bonchev–Trinajstić information content (AvgIpc) is 2.27. The van der Waals surface area contributed by atoms with Gasteiger partial charge in [0.25, 0.3) is 5.91 Å². The van der Waals surface area contributed by atoms with Gasteiger partial charge in [-0.15, -0.1) is 0 Å². The molecule has 2 nitrogen and oxygen atoms in total. The predicted octanol–water partition coefficient (Wildman–Crippen LogP) is 3.47. The van der Waals surface area contributed by atoms with Gasteiger partial charge < -0.3 is 5.32 Å². The Bertz CT molecular complexity index is 361. The SMILES string of the molecule is Cc1cc(F)cc(C(=O)NCCCCCI)c1. The fourth-order valence-electron chi connectivity index (χ4n) is 1.57. The lowest BCUT2D eigenvalue weighted by atomic mass is 10.1. The van der Waals surface area contributed by atoms with Crippen LogP contribution in [0.4, 0.5) is 4.39 Å². The Labute approximate surface area is 115 Å². The molecule has 0 aliphatic heterocycles. The number of carbonyl (C=O) groups excluding carboxylic acids is 1. The van der Waals surface area contributed by atoms with Gasteiger partial charge in [-0.05, 0) is 48.0 Å². The molecule has 0 heterocycles. The molecule has 17 heavy (non-hydrogen) atoms. The molecule has 0 saturated carbocycles. The van der Waals surface area contributed by atoms with Crippen molar-refractivity contribution in [2.75, 3.05) is 11.0 Å². The van der Waals surface area contributed by atoms with Crippen molar-refractivity contribution in [2.45, 2.75) is 26.2 Å². The maximum Gasteiger partial charge on any atom is 0.251 e. The molecule has 4 heteroatoms. The van der Waals surface area contributed by atoms with Gasteiger partial charge in [0.1, 0.15) is 5.82 Å². The summed E-state index contributed by atoms with van der Waals surface area (Å²) in [6, 6.07) is 4.38. The van der Waals surface area contributed by atoms with Crippen LogP contribution < -0.4 is 5.32 Å². The second-order valence-corrected chi connectivity index (χ2v) is 5.10. The van der Waals surface area contributed by atoms with Crippen LogP contribution in [-0.4, -0.2) is 16.9 Å². The fraction of sp³-hybridized carbons (Fsp3) is 0.462. The maximum atomic E-state index is 13.1. The minimum Gasteiger partial charge on any atom is -0.352 e. The number of hydrogen-bond donors (Lipinski definition) is 1. The largest absolute Gasteiger partial charge is 0.352 e. The summed E-state index contributed by atoms with van der Waals surface area (Å²) in [7, 11) is 0. The molecular weight excluding hydrogens is 332 g/mol. The van der Waals surface area contributed by atoms with Crippen molar-refractivity contribution < 1.29 is 9.18 Å². The van der Waals surface area contributed by atoms with Crippen molar-refractivity contribution in [3.8, 4) is 0 Å². The van der Waals surface area contributed by atoms with E-state index in [0.29, 0.717) is 12.1 Å². The van der Waals surface area contributed by atoms with Gasteiger partial charge in [-0.25, -0.2) is 4.39 Å². The van der Waals surface area contributed by atoms with Crippen LogP contribution in [0.2, 0.25) is 0 Å². The van der Waals surface area contributed by atoms with Gasteiger partial charge in [-0.2, -0.15) is 0 Å². The van der Waals surface area contributed by atoms with Gasteiger partial charge in [0.2, 0.25) is 0 Å². The standard InChI is InChI=1S/C13H17FINO/c1-10-7-11(9-12(14)8-10)13(17)16-6-4-2-3-5-15/h7-9H,2-6H2,1H3,(H,16,17). The molecule has 0 aliphatic carbocycles. The molecule has 94 valence electrons. The number of hydrogen-bond acceptors (Lipinski definition) is 1. The topological polar surface area (TPSA) is 29.1 Å². The molecule has 0 saturated heterocycles. The van der Waals surface area contributed by atoms with Crippen molar-refractivity contribution in [1.29, 1.82) is 0 Å². The quantitative estimate of drug-likeness (QED) is 0.476. The third kappa shape index (κ3) is 5.48. The molecule has 0 bridgehead atoms. The number of alkyl halides is 1. The highest BCUT2D eigenvalue weighted by Gasteiger charge is 2.06. The van der Waals surface area contributed by atoms with Crippen molar-refractivity contribution in [3.63, 3.8) is 0 Å². The second-order valence-electron chi connectivity index (χ2n) is 4.02. The van der Waals surface area contributed by atoms with E-state index in [-0.39, 0.29) is 11.7 Å². The molecule has 1 aromatic carbocycles. The molecule has 1 aromatic rings. The Kier molecular flexibility index (Phi) is 6.47. The van der Waals surface area contributed by atoms with Crippen LogP contribution in [0.15, 0.2) is 18.2 Å². The van der Waals surface area contributed by atoms with E-state index >= 15 is 0 Å². The predicted molar refractivity (Wildman–Crippen MR) is 76.2 cm³/mol. The second kappa shape index (κ2) is 7.63. The lowest BCUT2D eigenvalue weighted by molar-refractivity contribution is 0.0952. The number of amides is 1. The molecule has 0 fully saturated rings. The van der Waals surface area contributed by atoms with E-state index in [9.17, 15) is 9.18 Å². The molecule has 0 aromatic heterocycles. The summed E-state index contributed by atoms with van der Waals surface area (Å²) in [5.41, 5.74) is 1.16. The van der Waals surface area contributed by atoms with E-state index in [0.717, 1.165) is 22.8 Å². The Morgan fingerprint density at radius 1 is 1.29 bits per heavy atom. The highest BCUT2D eigenvalue weighted by molar-refractivity contribution is 14.1. The highest BCUT2D eigenvalue weighted by atomic mass is 127. The Morgan fingerprint density at radius 2 is 2.06 bits per heavy atom. The summed E-state index contributed by atoms with van der Waals surface area (Å²) in [4.78, 5) is 11.7. The Hall–Kier alpha value is -0.650. The van der Waals surface area contributed by atoms with Crippen LogP contribution in [0, 0.1) is 12.7 Å². The molecule has 1 amide bonds. The molecule has 0 aliphatic rings. The summed E-state index contributed by atoms with van der Waals surface area (Å²) in [6.45, 7) is 2.44. The number of carbonyl (C=O) groups is 1. The molecule has 0 radical (unpaired) electrons. The Morgan fingerprint density at radius 3 is 2.71 bits per heavy atom. The number of aryl methyl sites for hydroxylation is 1. The highest BCUT2D eigenvalue weighted by Crippen LogP contribution is 2.08. The molecule has 1 rings (SSSR count). The van der Waals surface area contributed by atoms with Crippen LogP contribution in [0.25, 0.3) is 0 Å². The number of halogens is 2. The normalized spacial score (nSPS) is 10.3. The zero-order chi connectivity index (χ0) is 12.7. The first-order chi connectivity index (χ1) is 8.13. The van der Waals surface area contributed by atoms with Gasteiger partial charge in [-0.1, -0.05) is 29.0 Å². The minimum absolute atomic E-state index is 0.193. The Balaban J connectivity index is 2.41. The maximum absolute atomic E-state index is 13.1. The van der Waals surface area contributed by atoms with E-state index in [4.69, 9.17) is 0 Å². The van der Waals surface area contributed by atoms with Crippen LogP contribution in [-0.2, 0) is 0 Å². The van der Waals surface area contributed by atoms with Crippen molar-refractivity contribution >= 4 is 28.5 Å². The zero-order valence-electron chi connectivity index (χ0n) is 9.93. The third-order valence-electron chi connectivity index (χ3n) is 2.40. The lowest BCUT2D eigenvalue weighted by Crippen LogP contribution is -2.24. The van der Waals surface area contributed by atoms with E-state index < -0.39 is 0 Å². The van der Waals surface area contributed by atoms with Gasteiger partial charge in [0.05, 0.1) is 0 Å². The van der Waals surface area contributed by atoms with Crippen LogP contribution in [0.1, 0.15) is 35.2 Å². The van der Waals surface area contributed by atoms with Gasteiger partial charge in [-0.3, -0.25) is 4.79 Å². The minimum atomic E-state index is -0.361. The van der Waals surface area contributed by atoms with E-state index in [2.05, 4.69) is 27.9 Å². The first kappa shape index (κ1) is 14.4. The van der Waals surface area contributed by atoms with Crippen LogP contribution in [0.3, 0.4) is 0 Å². The van der Waals surface area contributed by atoms with Gasteiger partial charge in [0.15, 0.2) is 0 Å². The average molecular weight is 349 g/mol. The first-order valence-corrected chi connectivity index (χ1v) is 7.27. The number of nitrogens with one attached hydrogen (secondary N) is 1. The summed E-state index contributed by atoms with van der Waals surface area (Å²) >= 11 is 2.34. The van der Waals surface area contributed by atoms with E-state index in [1.54, 1.807) is 13.0 Å². The van der Waals surface area contributed by atoms with Crippen LogP contribution in [0.5, 0.6) is 0 Å². The summed E-state index contributed by atoms with van der Waals surface area (Å²) in [6.07, 6.45) is 3.27. The molecule has 0 spiro atoms. The monoisotopic (exact) mass is 349 g/mol. The fourth-order valence-corrected chi connectivity index (χ4v) is 2.11. The van der Waals surface area contributed by atoms with Crippen LogP contribution >= 0.6 is 22.6 Å². The lowest BCUT2D eigenvalue weighted by Gasteiger charge is -2.06. The molecular formula is C13H17FINO. The van der Waals surface area contributed by atoms with Gasteiger partial charge in [0, 0.05) is 12.1 Å². The number of benzene rings is 1. The molecule has 1 N–H and O–H groups in total. The van der Waals surface area contributed by atoms with Gasteiger partial charge >= 0.3 is 0 Å². The third-order valence-corrected chi connectivity index (χ3v) is 3.16. The van der Waals surface area contributed by atoms with Crippen molar-refractivity contribution in [3.05, 3.63) is 35.1 Å².